The van der Waals surface area contributed by atoms with Crippen molar-refractivity contribution in [1.82, 2.24) is 0 Å². The highest BCUT2D eigenvalue weighted by molar-refractivity contribution is 5.34. The molecule has 0 bridgehead atoms. The van der Waals surface area contributed by atoms with Crippen LogP contribution in [0.25, 0.3) is 0 Å². The minimum Gasteiger partial charge on any atom is -0.489 e. The standard InChI is InChI=1S/C18H22FNO/c1-13(2)15-5-3-14(4-6-15)12-21-18-8-7-17(19)11-16(18)9-10-20/h3-8,11,13H,9-10,12,20H2,1-2H3. The lowest BCUT2D eigenvalue weighted by Gasteiger charge is -2.12. The van der Waals surface area contributed by atoms with Crippen molar-refractivity contribution in [2.45, 2.75) is 32.8 Å². The molecule has 2 aromatic carbocycles. The van der Waals surface area contributed by atoms with Gasteiger partial charge in [0.2, 0.25) is 0 Å². The van der Waals surface area contributed by atoms with Gasteiger partial charge in [-0.25, -0.2) is 4.39 Å². The molecule has 2 N–H and O–H groups in total. The van der Waals surface area contributed by atoms with Crippen LogP contribution in [0.5, 0.6) is 5.75 Å². The minimum absolute atomic E-state index is 0.257. The Balaban J connectivity index is 2.05. The summed E-state index contributed by atoms with van der Waals surface area (Å²) in [6.07, 6.45) is 0.610. The van der Waals surface area contributed by atoms with Crippen LogP contribution in [0.1, 0.15) is 36.5 Å². The molecule has 0 fully saturated rings. The molecule has 112 valence electrons. The summed E-state index contributed by atoms with van der Waals surface area (Å²) >= 11 is 0. The fraction of sp³-hybridized carbons (Fsp3) is 0.333. The summed E-state index contributed by atoms with van der Waals surface area (Å²) in [7, 11) is 0. The third kappa shape index (κ3) is 4.30. The van der Waals surface area contributed by atoms with Gasteiger partial charge in [-0.05, 0) is 53.8 Å². The van der Waals surface area contributed by atoms with Gasteiger partial charge in [0, 0.05) is 0 Å². The van der Waals surface area contributed by atoms with Gasteiger partial charge in [-0.2, -0.15) is 0 Å². The Bertz CT molecular complexity index is 578. The van der Waals surface area contributed by atoms with Gasteiger partial charge in [0.1, 0.15) is 18.2 Å². The van der Waals surface area contributed by atoms with Crippen molar-refractivity contribution >= 4 is 0 Å². The molecule has 21 heavy (non-hydrogen) atoms. The van der Waals surface area contributed by atoms with Gasteiger partial charge in [0.05, 0.1) is 0 Å². The van der Waals surface area contributed by atoms with Gasteiger partial charge in [-0.3, -0.25) is 0 Å². The van der Waals surface area contributed by atoms with Crippen molar-refractivity contribution in [1.29, 1.82) is 0 Å². The maximum Gasteiger partial charge on any atom is 0.123 e. The summed E-state index contributed by atoms with van der Waals surface area (Å²) in [4.78, 5) is 0. The van der Waals surface area contributed by atoms with Crippen LogP contribution in [0.3, 0.4) is 0 Å². The molecule has 0 aromatic heterocycles. The van der Waals surface area contributed by atoms with E-state index in [0.29, 0.717) is 31.2 Å². The second kappa shape index (κ2) is 7.23. The zero-order valence-electron chi connectivity index (χ0n) is 12.6. The molecule has 0 saturated heterocycles. The van der Waals surface area contributed by atoms with Crippen molar-refractivity contribution in [3.05, 3.63) is 65.0 Å². The summed E-state index contributed by atoms with van der Waals surface area (Å²) < 4.78 is 19.1. The number of ether oxygens (including phenoxy) is 1. The van der Waals surface area contributed by atoms with E-state index in [0.717, 1.165) is 11.1 Å². The Labute approximate surface area is 125 Å². The number of benzene rings is 2. The summed E-state index contributed by atoms with van der Waals surface area (Å²) in [5.41, 5.74) is 8.78. The molecule has 2 rings (SSSR count). The predicted molar refractivity (Wildman–Crippen MR) is 84.0 cm³/mol. The average molecular weight is 287 g/mol. The van der Waals surface area contributed by atoms with Crippen LogP contribution in [0.4, 0.5) is 4.39 Å². The van der Waals surface area contributed by atoms with Gasteiger partial charge in [-0.1, -0.05) is 38.1 Å². The van der Waals surface area contributed by atoms with Crippen LogP contribution in [-0.2, 0) is 13.0 Å². The largest absolute Gasteiger partial charge is 0.489 e. The fourth-order valence-corrected chi connectivity index (χ4v) is 2.20. The molecule has 0 aliphatic carbocycles. The molecule has 3 heteroatoms. The summed E-state index contributed by atoms with van der Waals surface area (Å²) in [6, 6.07) is 13.0. The van der Waals surface area contributed by atoms with Crippen LogP contribution in [0.2, 0.25) is 0 Å². The summed E-state index contributed by atoms with van der Waals surface area (Å²) in [6.45, 7) is 5.29. The van der Waals surface area contributed by atoms with Crippen LogP contribution in [-0.4, -0.2) is 6.54 Å². The highest BCUT2D eigenvalue weighted by Crippen LogP contribution is 2.22. The number of halogens is 1. The second-order valence-corrected chi connectivity index (χ2v) is 5.48. The Morgan fingerprint density at radius 1 is 1.10 bits per heavy atom. The van der Waals surface area contributed by atoms with E-state index < -0.39 is 0 Å². The zero-order chi connectivity index (χ0) is 15.2. The number of nitrogens with two attached hydrogens (primary N) is 1. The SMILES string of the molecule is CC(C)c1ccc(COc2ccc(F)cc2CCN)cc1. The molecule has 0 spiro atoms. The first-order valence-electron chi connectivity index (χ1n) is 7.30. The summed E-state index contributed by atoms with van der Waals surface area (Å²) in [5, 5.41) is 0. The van der Waals surface area contributed by atoms with Gasteiger partial charge in [-0.15, -0.1) is 0 Å². The van der Waals surface area contributed by atoms with Crippen molar-refractivity contribution in [2.24, 2.45) is 5.73 Å². The topological polar surface area (TPSA) is 35.2 Å². The number of hydrogen-bond acceptors (Lipinski definition) is 2. The summed E-state index contributed by atoms with van der Waals surface area (Å²) in [5.74, 6) is 0.968. The number of hydrogen-bond donors (Lipinski definition) is 1. The first kappa shape index (κ1) is 15.5. The lowest BCUT2D eigenvalue weighted by atomic mass is 10.0. The molecule has 0 saturated carbocycles. The lowest BCUT2D eigenvalue weighted by Crippen LogP contribution is -2.06. The molecule has 0 radical (unpaired) electrons. The van der Waals surface area contributed by atoms with Gasteiger partial charge in [0.25, 0.3) is 0 Å². The molecule has 0 aliphatic heterocycles. The predicted octanol–water partition coefficient (Wildman–Crippen LogP) is 4.03. The van der Waals surface area contributed by atoms with Gasteiger partial charge >= 0.3 is 0 Å². The monoisotopic (exact) mass is 287 g/mol. The molecular formula is C18H22FNO. The number of rotatable bonds is 6. The quantitative estimate of drug-likeness (QED) is 0.870. The van der Waals surface area contributed by atoms with Crippen molar-refractivity contribution < 1.29 is 9.13 Å². The van der Waals surface area contributed by atoms with E-state index in [1.807, 2.05) is 0 Å². The van der Waals surface area contributed by atoms with E-state index in [9.17, 15) is 4.39 Å². The van der Waals surface area contributed by atoms with E-state index in [1.165, 1.54) is 17.7 Å². The average Bonchev–Trinajstić information content (AvgIpc) is 2.47. The van der Waals surface area contributed by atoms with E-state index >= 15 is 0 Å². The second-order valence-electron chi connectivity index (χ2n) is 5.48. The zero-order valence-corrected chi connectivity index (χ0v) is 12.6. The van der Waals surface area contributed by atoms with Crippen LogP contribution < -0.4 is 10.5 Å². The van der Waals surface area contributed by atoms with Crippen LogP contribution in [0, 0.1) is 5.82 Å². The Morgan fingerprint density at radius 2 is 1.81 bits per heavy atom. The van der Waals surface area contributed by atoms with E-state index in [4.69, 9.17) is 10.5 Å². The molecule has 2 aromatic rings. The minimum atomic E-state index is -0.257. The lowest BCUT2D eigenvalue weighted by molar-refractivity contribution is 0.302. The van der Waals surface area contributed by atoms with Crippen molar-refractivity contribution in [2.75, 3.05) is 6.54 Å². The van der Waals surface area contributed by atoms with E-state index in [1.54, 1.807) is 6.07 Å². The first-order valence-corrected chi connectivity index (χ1v) is 7.30. The highest BCUT2D eigenvalue weighted by atomic mass is 19.1. The molecule has 0 aliphatic rings. The van der Waals surface area contributed by atoms with E-state index in [2.05, 4.69) is 38.1 Å². The fourth-order valence-electron chi connectivity index (χ4n) is 2.20. The normalized spacial score (nSPS) is 10.9. The smallest absolute Gasteiger partial charge is 0.123 e. The maximum atomic E-state index is 13.3. The molecule has 0 unspecified atom stereocenters. The van der Waals surface area contributed by atoms with Crippen molar-refractivity contribution in [3.63, 3.8) is 0 Å². The van der Waals surface area contributed by atoms with E-state index in [-0.39, 0.29) is 5.82 Å². The van der Waals surface area contributed by atoms with Gasteiger partial charge in [0.15, 0.2) is 0 Å². The highest BCUT2D eigenvalue weighted by Gasteiger charge is 2.06. The van der Waals surface area contributed by atoms with Crippen molar-refractivity contribution in [3.8, 4) is 5.75 Å². The Hall–Kier alpha value is -1.87. The first-order chi connectivity index (χ1) is 10.1. The van der Waals surface area contributed by atoms with Crippen LogP contribution >= 0.6 is 0 Å². The molecule has 2 nitrogen and oxygen atoms in total. The Morgan fingerprint density at radius 3 is 2.43 bits per heavy atom. The van der Waals surface area contributed by atoms with Crippen LogP contribution in [0.15, 0.2) is 42.5 Å². The maximum absolute atomic E-state index is 13.3. The van der Waals surface area contributed by atoms with Gasteiger partial charge < -0.3 is 10.5 Å². The third-order valence-corrected chi connectivity index (χ3v) is 3.48. The molecule has 0 atom stereocenters. The third-order valence-electron chi connectivity index (χ3n) is 3.48. The Kier molecular flexibility index (Phi) is 5.34. The molecular weight excluding hydrogens is 265 g/mol. The molecule has 0 heterocycles. The molecule has 0 amide bonds.